The first kappa shape index (κ1) is 19.7. The Morgan fingerprint density at radius 3 is 2.52 bits per heavy atom. The Morgan fingerprint density at radius 1 is 1.17 bits per heavy atom. The second-order valence-corrected chi connectivity index (χ2v) is 8.48. The number of ketones is 1. The van der Waals surface area contributed by atoms with E-state index in [9.17, 15) is 19.2 Å². The minimum Gasteiger partial charge on any atom is -0.356 e. The van der Waals surface area contributed by atoms with Crippen LogP contribution in [0.3, 0.4) is 0 Å². The molecule has 8 nitrogen and oxygen atoms in total. The normalized spacial score (nSPS) is 27.0. The molecule has 3 aliphatic rings. The summed E-state index contributed by atoms with van der Waals surface area (Å²) in [5, 5.41) is 2.85. The Hall–Kier alpha value is -2.64. The molecule has 2 saturated heterocycles. The zero-order valence-electron chi connectivity index (χ0n) is 16.8. The average molecular weight is 400 g/mol. The predicted molar refractivity (Wildman–Crippen MR) is 105 cm³/mol. The smallest absolute Gasteiger partial charge is 0.325 e. The minimum absolute atomic E-state index is 0.122. The van der Waals surface area contributed by atoms with Gasteiger partial charge in [0.15, 0.2) is 5.78 Å². The predicted octanol–water partition coefficient (Wildman–Crippen LogP) is 2.32. The Balaban J connectivity index is 1.41. The Morgan fingerprint density at radius 2 is 1.86 bits per heavy atom. The summed E-state index contributed by atoms with van der Waals surface area (Å²) in [6, 6.07) is 1.02. The number of rotatable bonds is 5. The van der Waals surface area contributed by atoms with Crippen molar-refractivity contribution in [2.24, 2.45) is 5.92 Å². The van der Waals surface area contributed by atoms with Gasteiger partial charge in [-0.1, -0.05) is 13.3 Å². The number of amides is 4. The van der Waals surface area contributed by atoms with Crippen molar-refractivity contribution in [1.82, 2.24) is 20.1 Å². The first-order chi connectivity index (χ1) is 13.9. The minimum atomic E-state index is -0.849. The first-order valence-corrected chi connectivity index (χ1v) is 10.6. The highest BCUT2D eigenvalue weighted by molar-refractivity contribution is 6.11. The molecule has 156 valence electrons. The maximum atomic E-state index is 13.0. The van der Waals surface area contributed by atoms with Crippen molar-refractivity contribution in [1.29, 1.82) is 0 Å². The lowest BCUT2D eigenvalue weighted by molar-refractivity contribution is -0.132. The molecule has 1 spiro atoms. The third-order valence-corrected chi connectivity index (χ3v) is 6.71. The van der Waals surface area contributed by atoms with E-state index in [0.717, 1.165) is 50.1 Å². The van der Waals surface area contributed by atoms with Crippen LogP contribution in [-0.2, 0) is 4.79 Å². The summed E-state index contributed by atoms with van der Waals surface area (Å²) in [5.74, 6) is -0.186. The number of aromatic nitrogens is 1. The number of hydrogen-bond acceptors (Lipinski definition) is 4. The van der Waals surface area contributed by atoms with Gasteiger partial charge in [0.25, 0.3) is 11.8 Å². The van der Waals surface area contributed by atoms with Gasteiger partial charge >= 0.3 is 6.03 Å². The fourth-order valence-electron chi connectivity index (χ4n) is 4.74. The van der Waals surface area contributed by atoms with E-state index in [1.165, 1.54) is 12.3 Å². The molecule has 0 bridgehead atoms. The van der Waals surface area contributed by atoms with Crippen molar-refractivity contribution >= 4 is 23.6 Å². The molecule has 1 aromatic heterocycles. The van der Waals surface area contributed by atoms with Gasteiger partial charge in [0.05, 0.1) is 6.54 Å². The first-order valence-electron chi connectivity index (χ1n) is 10.6. The molecule has 4 amide bonds. The topological polar surface area (TPSA) is 103 Å². The second-order valence-electron chi connectivity index (χ2n) is 8.48. The molecule has 0 radical (unpaired) electrons. The lowest BCUT2D eigenvalue weighted by atomic mass is 9.75. The summed E-state index contributed by atoms with van der Waals surface area (Å²) in [4.78, 5) is 56.2. The molecule has 2 N–H and O–H groups in total. The van der Waals surface area contributed by atoms with Crippen molar-refractivity contribution in [2.45, 2.75) is 57.4 Å². The summed E-state index contributed by atoms with van der Waals surface area (Å²) in [6.45, 7) is 3.29. The molecular formula is C21H28N4O4. The summed E-state index contributed by atoms with van der Waals surface area (Å²) < 4.78 is 0. The molecule has 3 heterocycles. The number of aromatic amines is 1. The quantitative estimate of drug-likeness (QED) is 0.585. The van der Waals surface area contributed by atoms with E-state index in [4.69, 9.17) is 0 Å². The number of hydrogen-bond donors (Lipinski definition) is 2. The van der Waals surface area contributed by atoms with E-state index >= 15 is 0 Å². The van der Waals surface area contributed by atoms with Crippen molar-refractivity contribution in [3.63, 3.8) is 0 Å². The number of nitrogens with zero attached hydrogens (tertiary/aromatic N) is 2. The number of likely N-dealkylation sites (tertiary alicyclic amines) is 1. The number of urea groups is 1. The highest BCUT2D eigenvalue weighted by Gasteiger charge is 2.52. The summed E-state index contributed by atoms with van der Waals surface area (Å²) >= 11 is 0. The average Bonchev–Trinajstić information content (AvgIpc) is 3.46. The summed E-state index contributed by atoms with van der Waals surface area (Å²) in [6.07, 6.45) is 7.60. The number of carbonyl (C=O) groups is 4. The molecule has 1 saturated carbocycles. The molecule has 1 aromatic rings. The van der Waals surface area contributed by atoms with Crippen LogP contribution in [0.15, 0.2) is 12.3 Å². The van der Waals surface area contributed by atoms with Crippen molar-refractivity contribution in [3.05, 3.63) is 23.5 Å². The molecule has 29 heavy (non-hydrogen) atoms. The van der Waals surface area contributed by atoms with Crippen LogP contribution in [0.5, 0.6) is 0 Å². The summed E-state index contributed by atoms with van der Waals surface area (Å²) in [5.41, 5.74) is -0.177. The Kier molecular flexibility index (Phi) is 5.19. The number of carbonyl (C=O) groups excluding carboxylic acids is 4. The molecule has 4 rings (SSSR count). The fourth-order valence-corrected chi connectivity index (χ4v) is 4.74. The summed E-state index contributed by atoms with van der Waals surface area (Å²) in [7, 11) is 0. The van der Waals surface area contributed by atoms with Crippen LogP contribution in [0.2, 0.25) is 0 Å². The molecule has 0 atom stereocenters. The van der Waals surface area contributed by atoms with E-state index in [-0.39, 0.29) is 24.1 Å². The zero-order valence-corrected chi connectivity index (χ0v) is 16.8. The van der Waals surface area contributed by atoms with Gasteiger partial charge in [-0.3, -0.25) is 19.3 Å². The Labute approximate surface area is 170 Å². The van der Waals surface area contributed by atoms with Crippen molar-refractivity contribution in [2.75, 3.05) is 19.6 Å². The monoisotopic (exact) mass is 400 g/mol. The Bertz CT molecular complexity index is 831. The molecule has 0 aromatic carbocycles. The lowest BCUT2D eigenvalue weighted by Gasteiger charge is -2.34. The molecular weight excluding hydrogens is 372 g/mol. The molecule has 8 heteroatoms. The van der Waals surface area contributed by atoms with Crippen molar-refractivity contribution in [3.8, 4) is 0 Å². The zero-order chi connectivity index (χ0) is 20.6. The SMILES string of the molecule is CCC1CCC2(CC1)NC(=O)N(CC(=O)c1c[nH]c(C(=O)N3CCCC3)c1)C2=O. The van der Waals surface area contributed by atoms with Gasteiger partial charge in [-0.2, -0.15) is 0 Å². The van der Waals surface area contributed by atoms with Crippen LogP contribution in [0, 0.1) is 5.92 Å². The molecule has 2 aliphatic heterocycles. The maximum Gasteiger partial charge on any atom is 0.325 e. The van der Waals surface area contributed by atoms with Crippen LogP contribution in [0.25, 0.3) is 0 Å². The largest absolute Gasteiger partial charge is 0.356 e. The number of imide groups is 1. The van der Waals surface area contributed by atoms with Gasteiger partial charge in [0.2, 0.25) is 0 Å². The number of H-pyrrole nitrogens is 1. The lowest BCUT2D eigenvalue weighted by Crippen LogP contribution is -2.49. The maximum absolute atomic E-state index is 13.0. The van der Waals surface area contributed by atoms with Crippen LogP contribution < -0.4 is 5.32 Å². The number of nitrogens with one attached hydrogen (secondary N) is 2. The standard InChI is InChI=1S/C21H28N4O4/c1-2-14-5-7-21(8-6-14)19(28)25(20(29)23-21)13-17(26)15-11-16(22-12-15)18(27)24-9-3-4-10-24/h11-12,14,22H,2-10,13H2,1H3,(H,23,29). The molecule has 0 unspecified atom stereocenters. The van der Waals surface area contributed by atoms with E-state index in [1.54, 1.807) is 4.90 Å². The molecule has 1 aliphatic carbocycles. The van der Waals surface area contributed by atoms with Gasteiger partial charge in [-0.15, -0.1) is 0 Å². The molecule has 3 fully saturated rings. The van der Waals surface area contributed by atoms with Crippen molar-refractivity contribution < 1.29 is 19.2 Å². The van der Waals surface area contributed by atoms with Gasteiger partial charge in [-0.05, 0) is 50.5 Å². The second kappa shape index (κ2) is 7.65. The third kappa shape index (κ3) is 3.56. The van der Waals surface area contributed by atoms with E-state index in [1.807, 2.05) is 0 Å². The van der Waals surface area contributed by atoms with Crippen LogP contribution in [0.4, 0.5) is 4.79 Å². The van der Waals surface area contributed by atoms with Gasteiger partial charge in [-0.25, -0.2) is 4.79 Å². The van der Waals surface area contributed by atoms with Crippen LogP contribution >= 0.6 is 0 Å². The van der Waals surface area contributed by atoms with Gasteiger partial charge in [0.1, 0.15) is 11.2 Å². The highest BCUT2D eigenvalue weighted by Crippen LogP contribution is 2.37. The fraction of sp³-hybridized carbons (Fsp3) is 0.619. The van der Waals surface area contributed by atoms with Crippen LogP contribution in [-0.4, -0.2) is 63.6 Å². The number of Topliss-reactive ketones (excluding diaryl/α,β-unsaturated/α-hetero) is 1. The van der Waals surface area contributed by atoms with Gasteiger partial charge < -0.3 is 15.2 Å². The van der Waals surface area contributed by atoms with Crippen LogP contribution in [0.1, 0.15) is 72.7 Å². The van der Waals surface area contributed by atoms with E-state index in [2.05, 4.69) is 17.2 Å². The highest BCUT2D eigenvalue weighted by atomic mass is 16.2. The van der Waals surface area contributed by atoms with E-state index < -0.39 is 11.6 Å². The van der Waals surface area contributed by atoms with E-state index in [0.29, 0.717) is 30.0 Å². The third-order valence-electron chi connectivity index (χ3n) is 6.71. The van der Waals surface area contributed by atoms with Gasteiger partial charge in [0, 0.05) is 24.8 Å².